The molecule has 0 amide bonds. The van der Waals surface area contributed by atoms with Gasteiger partial charge < -0.3 is 14.4 Å². The summed E-state index contributed by atoms with van der Waals surface area (Å²) in [6.45, 7) is 25.1. The minimum absolute atomic E-state index is 0.0198. The van der Waals surface area contributed by atoms with Gasteiger partial charge in [-0.1, -0.05) is 88.3 Å². The molecular formula is C39H49NO2S. The number of aromatic hydroxyl groups is 1. The van der Waals surface area contributed by atoms with Crippen LogP contribution in [0.5, 0.6) is 11.5 Å². The summed E-state index contributed by atoms with van der Waals surface area (Å²) in [5, 5.41) is 18.7. The maximum Gasteiger partial charge on any atom is 0.147 e. The molecule has 3 nitrogen and oxygen atoms in total. The number of benzene rings is 3. The number of fused-ring (bicyclic) bond motifs is 3. The number of nitrogens with zero attached hydrogens (tertiary/aromatic N) is 1. The fraction of sp³-hybridized carbons (Fsp3) is 0.436. The van der Waals surface area contributed by atoms with Gasteiger partial charge in [-0.25, -0.2) is 0 Å². The lowest BCUT2D eigenvalue weighted by Crippen LogP contribution is -2.25. The first-order chi connectivity index (χ1) is 19.8. The molecule has 0 saturated carbocycles. The number of thiophene rings is 1. The number of rotatable bonds is 5. The van der Waals surface area contributed by atoms with Crippen molar-refractivity contribution in [3.05, 3.63) is 76.0 Å². The predicted octanol–water partition coefficient (Wildman–Crippen LogP) is 11.5. The van der Waals surface area contributed by atoms with Gasteiger partial charge in [-0.2, -0.15) is 0 Å². The van der Waals surface area contributed by atoms with Crippen molar-refractivity contribution in [2.45, 2.75) is 98.8 Å². The zero-order valence-electron chi connectivity index (χ0n) is 28.2. The molecule has 0 radical (unpaired) electrons. The summed E-state index contributed by atoms with van der Waals surface area (Å²) in [4.78, 5) is 0. The van der Waals surface area contributed by atoms with Crippen LogP contribution >= 0.6 is 11.3 Å². The summed E-state index contributed by atoms with van der Waals surface area (Å²) in [5.74, 6) is 1.05. The molecule has 0 aliphatic heterocycles. The Morgan fingerprint density at radius 1 is 0.674 bits per heavy atom. The Bertz CT molecular complexity index is 1740. The van der Waals surface area contributed by atoms with Crippen molar-refractivity contribution in [2.75, 3.05) is 7.11 Å². The first-order valence-corrected chi connectivity index (χ1v) is 16.3. The van der Waals surface area contributed by atoms with E-state index in [0.717, 1.165) is 40.0 Å². The van der Waals surface area contributed by atoms with Crippen LogP contribution in [0.2, 0.25) is 0 Å². The van der Waals surface area contributed by atoms with Crippen molar-refractivity contribution < 1.29 is 9.84 Å². The highest BCUT2D eigenvalue weighted by Crippen LogP contribution is 2.48. The van der Waals surface area contributed by atoms with Crippen LogP contribution in [0.1, 0.15) is 99.3 Å². The van der Waals surface area contributed by atoms with Gasteiger partial charge in [0.2, 0.25) is 0 Å². The first-order valence-electron chi connectivity index (χ1n) is 15.4. The van der Waals surface area contributed by atoms with E-state index in [4.69, 9.17) is 4.74 Å². The standard InChI is InChI=1S/C39H49NO2S/c1-36(2,3)23-39(10,11)26-19-29(30-21-43-22-34(30)42-12)35(41)33(20-26)40-31-15-13-24(37(4,5)6)17-27(31)28-18-25(38(7,8)9)14-16-32(28)40/h13-22,41H,23H2,1-12H3. The Balaban J connectivity index is 1.92. The number of hydrogen-bond acceptors (Lipinski definition) is 3. The van der Waals surface area contributed by atoms with Crippen LogP contribution in [0.4, 0.5) is 0 Å². The third-order valence-corrected chi connectivity index (χ3v) is 9.44. The molecule has 0 unspecified atom stereocenters. The van der Waals surface area contributed by atoms with Crippen LogP contribution in [0.15, 0.2) is 59.3 Å². The zero-order valence-corrected chi connectivity index (χ0v) is 29.0. The van der Waals surface area contributed by atoms with Gasteiger partial charge >= 0.3 is 0 Å². The number of phenols is 1. The molecular weight excluding hydrogens is 547 g/mol. The van der Waals surface area contributed by atoms with Crippen molar-refractivity contribution in [3.8, 4) is 28.3 Å². The van der Waals surface area contributed by atoms with Crippen LogP contribution in [0, 0.1) is 5.41 Å². The van der Waals surface area contributed by atoms with E-state index in [1.165, 1.54) is 27.5 Å². The first kappa shape index (κ1) is 31.2. The van der Waals surface area contributed by atoms with Crippen molar-refractivity contribution in [1.82, 2.24) is 4.57 Å². The fourth-order valence-corrected chi connectivity index (χ4v) is 7.46. The van der Waals surface area contributed by atoms with Crippen LogP contribution in [-0.2, 0) is 16.2 Å². The third kappa shape index (κ3) is 5.83. The molecule has 2 heterocycles. The average Bonchev–Trinajstić information content (AvgIpc) is 3.48. The van der Waals surface area contributed by atoms with Gasteiger partial charge in [-0.15, -0.1) is 11.3 Å². The van der Waals surface area contributed by atoms with E-state index in [2.05, 4.69) is 135 Å². The molecule has 43 heavy (non-hydrogen) atoms. The number of hydrogen-bond donors (Lipinski definition) is 1. The minimum atomic E-state index is -0.129. The number of ether oxygens (including phenoxy) is 1. The molecule has 0 saturated heterocycles. The van der Waals surface area contributed by atoms with Crippen LogP contribution < -0.4 is 4.74 Å². The van der Waals surface area contributed by atoms with Gasteiger partial charge in [-0.05, 0) is 81.2 Å². The van der Waals surface area contributed by atoms with Gasteiger partial charge in [0.05, 0.1) is 23.8 Å². The molecule has 0 fully saturated rings. The van der Waals surface area contributed by atoms with Crippen LogP contribution in [0.25, 0.3) is 38.6 Å². The number of phenolic OH excluding ortho intramolecular Hbond substituents is 1. The number of aromatic nitrogens is 1. The second kappa shape index (κ2) is 10.4. The minimum Gasteiger partial charge on any atom is -0.505 e. The van der Waals surface area contributed by atoms with Gasteiger partial charge in [0.1, 0.15) is 11.5 Å². The molecule has 4 heteroatoms. The molecule has 0 aliphatic carbocycles. The maximum atomic E-state index is 12.2. The van der Waals surface area contributed by atoms with Crippen molar-refractivity contribution in [2.24, 2.45) is 5.41 Å². The molecule has 5 aromatic rings. The molecule has 0 bridgehead atoms. The zero-order chi connectivity index (χ0) is 31.7. The van der Waals surface area contributed by atoms with E-state index < -0.39 is 0 Å². The quantitative estimate of drug-likeness (QED) is 0.219. The van der Waals surface area contributed by atoms with E-state index in [1.54, 1.807) is 18.4 Å². The fourth-order valence-electron chi connectivity index (χ4n) is 6.67. The van der Waals surface area contributed by atoms with E-state index in [-0.39, 0.29) is 27.4 Å². The molecule has 5 rings (SSSR count). The second-order valence-corrected chi connectivity index (χ2v) is 16.9. The predicted molar refractivity (Wildman–Crippen MR) is 187 cm³/mol. The van der Waals surface area contributed by atoms with Crippen LogP contribution in [0.3, 0.4) is 0 Å². The van der Waals surface area contributed by atoms with E-state index in [0.29, 0.717) is 0 Å². The smallest absolute Gasteiger partial charge is 0.147 e. The largest absolute Gasteiger partial charge is 0.505 e. The SMILES string of the molecule is COc1cscc1-c1cc(C(C)(C)CC(C)(C)C)cc(-n2c3ccc(C(C)(C)C)cc3c3cc(C(C)(C)C)ccc32)c1O. The Morgan fingerprint density at radius 2 is 1.21 bits per heavy atom. The molecule has 3 aromatic carbocycles. The van der Waals surface area contributed by atoms with E-state index in [1.807, 2.05) is 5.38 Å². The maximum absolute atomic E-state index is 12.2. The molecule has 228 valence electrons. The summed E-state index contributed by atoms with van der Waals surface area (Å²) in [6, 6.07) is 18.1. The third-order valence-electron chi connectivity index (χ3n) is 8.72. The van der Waals surface area contributed by atoms with E-state index in [9.17, 15) is 5.11 Å². The Labute approximate surface area is 262 Å². The van der Waals surface area contributed by atoms with Crippen molar-refractivity contribution in [3.63, 3.8) is 0 Å². The highest BCUT2D eigenvalue weighted by Gasteiger charge is 2.31. The van der Waals surface area contributed by atoms with Gasteiger partial charge in [0.25, 0.3) is 0 Å². The lowest BCUT2D eigenvalue weighted by molar-refractivity contribution is 0.284. The molecule has 2 aromatic heterocycles. The van der Waals surface area contributed by atoms with Crippen LogP contribution in [-0.4, -0.2) is 16.8 Å². The number of methoxy groups -OCH3 is 1. The monoisotopic (exact) mass is 595 g/mol. The van der Waals surface area contributed by atoms with Gasteiger partial charge in [0, 0.05) is 32.7 Å². The second-order valence-electron chi connectivity index (χ2n) is 16.2. The molecule has 0 atom stereocenters. The molecule has 1 N–H and O–H groups in total. The lowest BCUT2D eigenvalue weighted by Gasteiger charge is -2.34. The Morgan fingerprint density at radius 3 is 1.67 bits per heavy atom. The Hall–Kier alpha value is -3.24. The molecule has 0 spiro atoms. The summed E-state index contributed by atoms with van der Waals surface area (Å²) >= 11 is 1.59. The van der Waals surface area contributed by atoms with Gasteiger partial charge in [-0.3, -0.25) is 0 Å². The average molecular weight is 596 g/mol. The highest BCUT2D eigenvalue weighted by molar-refractivity contribution is 7.08. The van der Waals surface area contributed by atoms with Crippen molar-refractivity contribution in [1.29, 1.82) is 0 Å². The molecule has 0 aliphatic rings. The topological polar surface area (TPSA) is 34.4 Å². The summed E-state index contributed by atoms with van der Waals surface area (Å²) < 4.78 is 8.03. The van der Waals surface area contributed by atoms with Gasteiger partial charge in [0.15, 0.2) is 0 Å². The Kier molecular flexibility index (Phi) is 7.57. The summed E-state index contributed by atoms with van der Waals surface area (Å²) in [6.07, 6.45) is 1.00. The van der Waals surface area contributed by atoms with Crippen molar-refractivity contribution >= 4 is 33.1 Å². The summed E-state index contributed by atoms with van der Waals surface area (Å²) in [5.41, 5.74) is 8.57. The normalized spacial score (nSPS) is 13.3. The lowest BCUT2D eigenvalue weighted by atomic mass is 9.72. The summed E-state index contributed by atoms with van der Waals surface area (Å²) in [7, 11) is 1.70. The van der Waals surface area contributed by atoms with E-state index >= 15 is 0 Å². The highest BCUT2D eigenvalue weighted by atomic mass is 32.1.